The third-order valence-corrected chi connectivity index (χ3v) is 5.03. The molecule has 1 aromatic heterocycles. The zero-order valence-corrected chi connectivity index (χ0v) is 14.4. The molecule has 4 nitrogen and oxygen atoms in total. The van der Waals surface area contributed by atoms with E-state index in [2.05, 4.69) is 31.0 Å². The van der Waals surface area contributed by atoms with Crippen molar-refractivity contribution in [1.82, 2.24) is 9.47 Å². The Kier molecular flexibility index (Phi) is 4.35. The number of thiazole rings is 1. The van der Waals surface area contributed by atoms with Crippen molar-refractivity contribution in [3.8, 4) is 5.69 Å². The third-order valence-electron chi connectivity index (χ3n) is 4.13. The van der Waals surface area contributed by atoms with E-state index in [1.807, 2.05) is 23.8 Å². The van der Waals surface area contributed by atoms with Gasteiger partial charge in [-0.2, -0.15) is 4.99 Å². The highest BCUT2D eigenvalue weighted by Crippen LogP contribution is 2.16. The molecule has 1 aliphatic heterocycles. The predicted octanol–water partition coefficient (Wildman–Crippen LogP) is 3.53. The highest BCUT2D eigenvalue weighted by atomic mass is 32.1. The topological polar surface area (TPSA) is 37.6 Å². The van der Waals surface area contributed by atoms with Crippen LogP contribution in [0.15, 0.2) is 29.4 Å². The number of alkyl halides is 1. The predicted molar refractivity (Wildman–Crippen MR) is 89.9 cm³/mol. The van der Waals surface area contributed by atoms with Crippen LogP contribution in [-0.4, -0.2) is 34.8 Å². The number of hydrogen-bond donors (Lipinski definition) is 0. The Morgan fingerprint density at radius 2 is 2.09 bits per heavy atom. The van der Waals surface area contributed by atoms with Gasteiger partial charge in [0.2, 0.25) is 0 Å². The molecule has 122 valence electrons. The van der Waals surface area contributed by atoms with Crippen LogP contribution in [0.3, 0.4) is 0 Å². The SMILES string of the molecule is Cc1cn(-c2ccc(C)c(C)c2)c(=NC(=O)N2CC[C@@H](F)C2)s1. The van der Waals surface area contributed by atoms with Crippen molar-refractivity contribution in [1.29, 1.82) is 0 Å². The van der Waals surface area contributed by atoms with Crippen molar-refractivity contribution >= 4 is 17.4 Å². The molecular formula is C17H20FN3OS. The summed E-state index contributed by atoms with van der Waals surface area (Å²) < 4.78 is 15.2. The Balaban J connectivity index is 1.98. The van der Waals surface area contributed by atoms with Crippen LogP contribution in [0.2, 0.25) is 0 Å². The molecule has 0 radical (unpaired) electrons. The molecule has 0 saturated carbocycles. The molecule has 6 heteroatoms. The number of aromatic nitrogens is 1. The van der Waals surface area contributed by atoms with Gasteiger partial charge in [0.1, 0.15) is 6.17 Å². The number of benzene rings is 1. The van der Waals surface area contributed by atoms with E-state index in [0.29, 0.717) is 17.8 Å². The maximum atomic E-state index is 13.3. The Labute approximate surface area is 138 Å². The number of likely N-dealkylation sites (tertiary alicyclic amines) is 1. The normalized spacial score (nSPS) is 18.7. The van der Waals surface area contributed by atoms with E-state index < -0.39 is 6.17 Å². The van der Waals surface area contributed by atoms with Gasteiger partial charge in [-0.05, 0) is 50.5 Å². The number of nitrogens with zero attached hydrogens (tertiary/aromatic N) is 3. The zero-order chi connectivity index (χ0) is 16.6. The number of hydrogen-bond acceptors (Lipinski definition) is 2. The summed E-state index contributed by atoms with van der Waals surface area (Å²) in [6, 6.07) is 5.80. The summed E-state index contributed by atoms with van der Waals surface area (Å²) in [5.41, 5.74) is 3.40. The molecule has 1 fully saturated rings. The van der Waals surface area contributed by atoms with Gasteiger partial charge in [-0.15, -0.1) is 11.3 Å². The summed E-state index contributed by atoms with van der Waals surface area (Å²) in [5.74, 6) is 0. The first-order valence-corrected chi connectivity index (χ1v) is 8.50. The monoisotopic (exact) mass is 333 g/mol. The summed E-state index contributed by atoms with van der Waals surface area (Å²) in [6.45, 7) is 6.71. The summed E-state index contributed by atoms with van der Waals surface area (Å²) >= 11 is 1.46. The fourth-order valence-corrected chi connectivity index (χ4v) is 3.46. The van der Waals surface area contributed by atoms with E-state index in [0.717, 1.165) is 10.6 Å². The molecular weight excluding hydrogens is 313 g/mol. The minimum absolute atomic E-state index is 0.149. The van der Waals surface area contributed by atoms with Gasteiger partial charge in [-0.1, -0.05) is 6.07 Å². The van der Waals surface area contributed by atoms with E-state index in [1.165, 1.54) is 27.4 Å². The second-order valence-electron chi connectivity index (χ2n) is 5.99. The van der Waals surface area contributed by atoms with Gasteiger partial charge in [0.15, 0.2) is 4.80 Å². The maximum absolute atomic E-state index is 13.3. The summed E-state index contributed by atoms with van der Waals surface area (Å²) in [4.78, 5) is 19.7. The van der Waals surface area contributed by atoms with Crippen molar-refractivity contribution in [3.05, 3.63) is 45.2 Å². The molecule has 2 aromatic rings. The van der Waals surface area contributed by atoms with Gasteiger partial charge in [0.05, 0.1) is 6.54 Å². The third kappa shape index (κ3) is 3.37. The molecule has 1 atom stereocenters. The molecule has 2 heterocycles. The van der Waals surface area contributed by atoms with Crippen LogP contribution in [0.25, 0.3) is 5.69 Å². The molecule has 2 amide bonds. The number of halogens is 1. The van der Waals surface area contributed by atoms with Gasteiger partial charge in [0.25, 0.3) is 0 Å². The van der Waals surface area contributed by atoms with Crippen molar-refractivity contribution in [2.75, 3.05) is 13.1 Å². The maximum Gasteiger partial charge on any atom is 0.346 e. The second kappa shape index (κ2) is 6.28. The number of rotatable bonds is 1. The minimum atomic E-state index is -0.925. The lowest BCUT2D eigenvalue weighted by molar-refractivity contribution is 0.213. The number of amides is 2. The summed E-state index contributed by atoms with van der Waals surface area (Å²) in [5, 5.41) is 0. The van der Waals surface area contributed by atoms with Crippen molar-refractivity contribution in [2.45, 2.75) is 33.4 Å². The molecule has 1 saturated heterocycles. The Morgan fingerprint density at radius 1 is 1.30 bits per heavy atom. The number of urea groups is 1. The zero-order valence-electron chi connectivity index (χ0n) is 13.5. The molecule has 0 spiro atoms. The average Bonchev–Trinajstić information content (AvgIpc) is 3.08. The standard InChI is InChI=1S/C17H20FN3OS/c1-11-4-5-15(8-12(11)2)21-9-13(3)23-17(21)19-16(22)20-7-6-14(18)10-20/h4-5,8-9,14H,6-7,10H2,1-3H3/t14-/m1/s1. The van der Waals surface area contributed by atoms with Crippen LogP contribution < -0.4 is 4.80 Å². The van der Waals surface area contributed by atoms with Gasteiger partial charge in [0, 0.05) is 23.3 Å². The Bertz CT molecular complexity index is 808. The van der Waals surface area contributed by atoms with Crippen LogP contribution in [0.4, 0.5) is 9.18 Å². The fraction of sp³-hybridized carbons (Fsp3) is 0.412. The quantitative estimate of drug-likeness (QED) is 0.787. The lowest BCUT2D eigenvalue weighted by Gasteiger charge is -2.11. The lowest BCUT2D eigenvalue weighted by atomic mass is 10.1. The molecule has 23 heavy (non-hydrogen) atoms. The number of carbonyl (C=O) groups excluding carboxylic acids is 1. The van der Waals surface area contributed by atoms with E-state index >= 15 is 0 Å². The van der Waals surface area contributed by atoms with Crippen LogP contribution in [0.5, 0.6) is 0 Å². The smallest absolute Gasteiger partial charge is 0.320 e. The first-order valence-electron chi connectivity index (χ1n) is 7.68. The molecule has 0 aliphatic carbocycles. The average molecular weight is 333 g/mol. The van der Waals surface area contributed by atoms with E-state index in [1.54, 1.807) is 0 Å². The van der Waals surface area contributed by atoms with Gasteiger partial charge < -0.3 is 4.90 Å². The van der Waals surface area contributed by atoms with Gasteiger partial charge >= 0.3 is 6.03 Å². The van der Waals surface area contributed by atoms with Crippen LogP contribution in [-0.2, 0) is 0 Å². The molecule has 1 aliphatic rings. The van der Waals surface area contributed by atoms with E-state index in [9.17, 15) is 9.18 Å². The van der Waals surface area contributed by atoms with Crippen molar-refractivity contribution in [3.63, 3.8) is 0 Å². The first-order chi connectivity index (χ1) is 10.9. The van der Waals surface area contributed by atoms with Crippen molar-refractivity contribution < 1.29 is 9.18 Å². The summed E-state index contributed by atoms with van der Waals surface area (Å²) in [6.07, 6.45) is 1.45. The first kappa shape index (κ1) is 15.9. The highest BCUT2D eigenvalue weighted by molar-refractivity contribution is 7.09. The van der Waals surface area contributed by atoms with E-state index in [4.69, 9.17) is 0 Å². The van der Waals surface area contributed by atoms with E-state index in [-0.39, 0.29) is 12.6 Å². The highest BCUT2D eigenvalue weighted by Gasteiger charge is 2.25. The molecule has 0 unspecified atom stereocenters. The Morgan fingerprint density at radius 3 is 2.74 bits per heavy atom. The van der Waals surface area contributed by atoms with Gasteiger partial charge in [-0.3, -0.25) is 4.57 Å². The molecule has 0 bridgehead atoms. The lowest BCUT2D eigenvalue weighted by Crippen LogP contribution is -2.28. The largest absolute Gasteiger partial charge is 0.346 e. The van der Waals surface area contributed by atoms with Crippen LogP contribution >= 0.6 is 11.3 Å². The Hall–Kier alpha value is -1.95. The number of aryl methyl sites for hydroxylation is 3. The van der Waals surface area contributed by atoms with Crippen molar-refractivity contribution in [2.24, 2.45) is 4.99 Å². The van der Waals surface area contributed by atoms with Gasteiger partial charge in [-0.25, -0.2) is 9.18 Å². The molecule has 0 N–H and O–H groups in total. The molecule has 1 aromatic carbocycles. The second-order valence-corrected chi connectivity index (χ2v) is 7.20. The van der Waals surface area contributed by atoms with Crippen LogP contribution in [0, 0.1) is 20.8 Å². The fourth-order valence-electron chi connectivity index (χ4n) is 2.64. The number of carbonyl (C=O) groups is 1. The summed E-state index contributed by atoms with van der Waals surface area (Å²) in [7, 11) is 0. The van der Waals surface area contributed by atoms with Crippen LogP contribution in [0.1, 0.15) is 22.4 Å². The minimum Gasteiger partial charge on any atom is -0.320 e. The molecule has 3 rings (SSSR count).